The van der Waals surface area contributed by atoms with Crippen LogP contribution in [0.1, 0.15) is 25.3 Å². The largest absolute Gasteiger partial charge is 0.374 e. The molecule has 1 aliphatic rings. The van der Waals surface area contributed by atoms with Gasteiger partial charge >= 0.3 is 0 Å². The van der Waals surface area contributed by atoms with E-state index in [-0.39, 0.29) is 0 Å². The van der Waals surface area contributed by atoms with E-state index in [2.05, 4.69) is 47.3 Å². The van der Waals surface area contributed by atoms with Crippen molar-refractivity contribution in [1.29, 1.82) is 0 Å². The highest BCUT2D eigenvalue weighted by atomic mass is 15.1. The lowest BCUT2D eigenvalue weighted by Gasteiger charge is -2.22. The number of hydrogen-bond donors (Lipinski definition) is 0. The van der Waals surface area contributed by atoms with Gasteiger partial charge in [0.05, 0.1) is 0 Å². The zero-order valence-corrected chi connectivity index (χ0v) is 9.76. The third-order valence-electron chi connectivity index (χ3n) is 2.82. The van der Waals surface area contributed by atoms with Gasteiger partial charge in [-0.05, 0) is 42.0 Å². The molecule has 0 spiro atoms. The Bertz CT molecular complexity index is 379. The van der Waals surface area contributed by atoms with Crippen molar-refractivity contribution < 1.29 is 0 Å². The zero-order chi connectivity index (χ0) is 11.2. The van der Waals surface area contributed by atoms with Crippen LogP contribution in [0.5, 0.6) is 0 Å². The highest BCUT2D eigenvalue weighted by Gasteiger charge is 2.05. The lowest BCUT2D eigenvalue weighted by Crippen LogP contribution is -2.20. The summed E-state index contributed by atoms with van der Waals surface area (Å²) in [6.07, 6.45) is 12.9. The maximum Gasteiger partial charge on any atom is 0.0363 e. The molecule has 0 saturated carbocycles. The van der Waals surface area contributed by atoms with Crippen LogP contribution < -0.4 is 0 Å². The second-order valence-corrected chi connectivity index (χ2v) is 4.06. The SMILES string of the molecule is CCCCN1C=CC(c2ccncc2)=CC1. The molecular weight excluding hydrogens is 196 g/mol. The summed E-state index contributed by atoms with van der Waals surface area (Å²) in [5.74, 6) is 0. The Morgan fingerprint density at radius 3 is 2.75 bits per heavy atom. The predicted octanol–water partition coefficient (Wildman–Crippen LogP) is 3.09. The van der Waals surface area contributed by atoms with Crippen LogP contribution in [0, 0.1) is 0 Å². The van der Waals surface area contributed by atoms with Crippen LogP contribution in [0.4, 0.5) is 0 Å². The molecule has 0 radical (unpaired) electrons. The zero-order valence-electron chi connectivity index (χ0n) is 9.76. The summed E-state index contributed by atoms with van der Waals surface area (Å²) in [5, 5.41) is 0. The minimum atomic E-state index is 1.02. The van der Waals surface area contributed by atoms with Crippen molar-refractivity contribution in [3.05, 3.63) is 48.4 Å². The summed E-state index contributed by atoms with van der Waals surface area (Å²) in [7, 11) is 0. The van der Waals surface area contributed by atoms with E-state index >= 15 is 0 Å². The minimum Gasteiger partial charge on any atom is -0.374 e. The Balaban J connectivity index is 1.97. The number of unbranched alkanes of at least 4 members (excludes halogenated alkanes) is 1. The Morgan fingerprint density at radius 2 is 2.12 bits per heavy atom. The van der Waals surface area contributed by atoms with Gasteiger partial charge in [0, 0.05) is 25.5 Å². The molecule has 2 heterocycles. The van der Waals surface area contributed by atoms with Crippen molar-refractivity contribution in [2.45, 2.75) is 19.8 Å². The fourth-order valence-electron chi connectivity index (χ4n) is 1.82. The van der Waals surface area contributed by atoms with E-state index < -0.39 is 0 Å². The van der Waals surface area contributed by atoms with Crippen LogP contribution in [-0.2, 0) is 0 Å². The number of aromatic nitrogens is 1. The quantitative estimate of drug-likeness (QED) is 0.765. The first kappa shape index (κ1) is 10.9. The number of pyridine rings is 1. The molecule has 1 aromatic rings. The first-order chi connectivity index (χ1) is 7.90. The van der Waals surface area contributed by atoms with E-state index in [1.807, 2.05) is 12.4 Å². The summed E-state index contributed by atoms with van der Waals surface area (Å²) < 4.78 is 0. The van der Waals surface area contributed by atoms with Gasteiger partial charge in [-0.15, -0.1) is 0 Å². The van der Waals surface area contributed by atoms with Gasteiger partial charge in [0.1, 0.15) is 0 Å². The molecule has 0 aliphatic carbocycles. The second-order valence-electron chi connectivity index (χ2n) is 4.06. The molecule has 0 fully saturated rings. The van der Waals surface area contributed by atoms with Gasteiger partial charge in [0.25, 0.3) is 0 Å². The average molecular weight is 214 g/mol. The molecule has 0 aromatic carbocycles. The van der Waals surface area contributed by atoms with Gasteiger partial charge in [0.2, 0.25) is 0 Å². The van der Waals surface area contributed by atoms with E-state index in [9.17, 15) is 0 Å². The molecule has 0 atom stereocenters. The Kier molecular flexibility index (Phi) is 3.76. The molecule has 0 amide bonds. The highest BCUT2D eigenvalue weighted by molar-refractivity contribution is 5.74. The second kappa shape index (κ2) is 5.50. The fraction of sp³-hybridized carbons (Fsp3) is 0.357. The lowest BCUT2D eigenvalue weighted by atomic mass is 10.1. The monoisotopic (exact) mass is 214 g/mol. The molecular formula is C14H18N2. The van der Waals surface area contributed by atoms with E-state index in [0.717, 1.165) is 13.1 Å². The van der Waals surface area contributed by atoms with Crippen molar-refractivity contribution >= 4 is 5.57 Å². The minimum absolute atomic E-state index is 1.02. The Labute approximate surface area is 97.3 Å². The molecule has 1 aromatic heterocycles. The van der Waals surface area contributed by atoms with Crippen molar-refractivity contribution in [2.24, 2.45) is 0 Å². The molecule has 0 unspecified atom stereocenters. The van der Waals surface area contributed by atoms with Crippen molar-refractivity contribution in [2.75, 3.05) is 13.1 Å². The van der Waals surface area contributed by atoms with Gasteiger partial charge in [-0.2, -0.15) is 0 Å². The molecule has 1 aliphatic heterocycles. The average Bonchev–Trinajstić information content (AvgIpc) is 2.38. The molecule has 0 N–H and O–H groups in total. The molecule has 16 heavy (non-hydrogen) atoms. The number of nitrogens with zero attached hydrogens (tertiary/aromatic N) is 2. The molecule has 2 nitrogen and oxygen atoms in total. The van der Waals surface area contributed by atoms with Gasteiger partial charge in [-0.25, -0.2) is 0 Å². The Hall–Kier alpha value is -1.57. The van der Waals surface area contributed by atoms with Gasteiger partial charge in [-0.1, -0.05) is 19.4 Å². The first-order valence-electron chi connectivity index (χ1n) is 5.93. The molecule has 84 valence electrons. The molecule has 0 saturated heterocycles. The van der Waals surface area contributed by atoms with Gasteiger partial charge in [0.15, 0.2) is 0 Å². The number of allylic oxidation sites excluding steroid dienone is 2. The Morgan fingerprint density at radius 1 is 1.31 bits per heavy atom. The molecule has 2 rings (SSSR count). The smallest absolute Gasteiger partial charge is 0.0363 e. The van der Waals surface area contributed by atoms with E-state index in [1.165, 1.54) is 24.0 Å². The fourth-order valence-corrected chi connectivity index (χ4v) is 1.82. The van der Waals surface area contributed by atoms with Crippen LogP contribution in [0.3, 0.4) is 0 Å². The summed E-state index contributed by atoms with van der Waals surface area (Å²) in [6.45, 7) is 4.41. The number of hydrogen-bond acceptors (Lipinski definition) is 2. The van der Waals surface area contributed by atoms with Crippen LogP contribution in [0.15, 0.2) is 42.9 Å². The van der Waals surface area contributed by atoms with Crippen molar-refractivity contribution in [1.82, 2.24) is 9.88 Å². The third-order valence-corrected chi connectivity index (χ3v) is 2.82. The highest BCUT2D eigenvalue weighted by Crippen LogP contribution is 2.18. The van der Waals surface area contributed by atoms with Crippen LogP contribution >= 0.6 is 0 Å². The van der Waals surface area contributed by atoms with E-state index in [1.54, 1.807) is 0 Å². The third kappa shape index (κ3) is 2.72. The standard InChI is InChI=1S/C14H18N2/c1-2-3-10-16-11-6-14(7-12-16)13-4-8-15-9-5-13/h4-9,11H,2-3,10,12H2,1H3. The van der Waals surface area contributed by atoms with Crippen LogP contribution in [0.25, 0.3) is 5.57 Å². The molecule has 2 heteroatoms. The van der Waals surface area contributed by atoms with Gasteiger partial charge in [-0.3, -0.25) is 4.98 Å². The first-order valence-corrected chi connectivity index (χ1v) is 5.93. The van der Waals surface area contributed by atoms with Crippen molar-refractivity contribution in [3.63, 3.8) is 0 Å². The van der Waals surface area contributed by atoms with E-state index in [0.29, 0.717) is 0 Å². The normalized spacial score (nSPS) is 15.1. The summed E-state index contributed by atoms with van der Waals surface area (Å²) in [4.78, 5) is 6.39. The van der Waals surface area contributed by atoms with Crippen molar-refractivity contribution in [3.8, 4) is 0 Å². The maximum atomic E-state index is 4.03. The maximum absolute atomic E-state index is 4.03. The number of rotatable bonds is 4. The summed E-state index contributed by atoms with van der Waals surface area (Å²) >= 11 is 0. The van der Waals surface area contributed by atoms with Crippen LogP contribution in [0.2, 0.25) is 0 Å². The predicted molar refractivity (Wildman–Crippen MR) is 67.8 cm³/mol. The summed E-state index contributed by atoms with van der Waals surface area (Å²) in [6, 6.07) is 4.11. The lowest BCUT2D eigenvalue weighted by molar-refractivity contribution is 0.402. The van der Waals surface area contributed by atoms with Crippen LogP contribution in [-0.4, -0.2) is 23.0 Å². The topological polar surface area (TPSA) is 16.1 Å². The van der Waals surface area contributed by atoms with Gasteiger partial charge < -0.3 is 4.90 Å². The van der Waals surface area contributed by atoms with E-state index in [4.69, 9.17) is 0 Å². The molecule has 0 bridgehead atoms. The summed E-state index contributed by atoms with van der Waals surface area (Å²) in [5.41, 5.74) is 2.55.